The minimum absolute atomic E-state index is 0.0399. The molecule has 2 aromatic carbocycles. The van der Waals surface area contributed by atoms with Gasteiger partial charge in [-0.25, -0.2) is 9.37 Å². The van der Waals surface area contributed by atoms with Crippen LogP contribution in [0.4, 0.5) is 10.3 Å². The van der Waals surface area contributed by atoms with Crippen LogP contribution in [0.2, 0.25) is 0 Å². The zero-order valence-corrected chi connectivity index (χ0v) is 18.4. The number of fused-ring (bicyclic) bond motifs is 1. The maximum absolute atomic E-state index is 14.2. The summed E-state index contributed by atoms with van der Waals surface area (Å²) < 4.78 is 16.5. The molecule has 0 unspecified atom stereocenters. The van der Waals surface area contributed by atoms with Crippen LogP contribution in [-0.2, 0) is 6.54 Å². The van der Waals surface area contributed by atoms with Crippen molar-refractivity contribution >= 4 is 17.0 Å². The molecule has 0 aliphatic carbocycles. The van der Waals surface area contributed by atoms with Crippen LogP contribution in [0.25, 0.3) is 11.0 Å². The second-order valence-electron chi connectivity index (χ2n) is 8.52. The number of hydrogen-bond donors (Lipinski definition) is 2. The van der Waals surface area contributed by atoms with Gasteiger partial charge in [-0.3, -0.25) is 0 Å². The van der Waals surface area contributed by atoms with Crippen LogP contribution < -0.4 is 16.0 Å². The van der Waals surface area contributed by atoms with Crippen LogP contribution in [-0.4, -0.2) is 35.7 Å². The van der Waals surface area contributed by atoms with Crippen LogP contribution in [0.5, 0.6) is 0 Å². The smallest absolute Gasteiger partial charge is 0.206 e. The third-order valence-corrected chi connectivity index (χ3v) is 6.08. The Morgan fingerprint density at radius 3 is 2.40 bits per heavy atom. The third kappa shape index (κ3) is 3.82. The van der Waals surface area contributed by atoms with Crippen LogP contribution in [0, 0.1) is 26.6 Å². The quantitative estimate of drug-likeness (QED) is 0.670. The van der Waals surface area contributed by atoms with Crippen molar-refractivity contribution < 1.29 is 4.39 Å². The van der Waals surface area contributed by atoms with E-state index in [0.29, 0.717) is 17.7 Å². The lowest BCUT2D eigenvalue weighted by molar-refractivity contribution is 0.571. The Kier molecular flexibility index (Phi) is 5.80. The van der Waals surface area contributed by atoms with Crippen molar-refractivity contribution in [1.82, 2.24) is 14.9 Å². The summed E-state index contributed by atoms with van der Waals surface area (Å²) in [6, 6.07) is 8.22. The molecule has 1 atom stereocenters. The molecule has 0 radical (unpaired) electrons. The maximum atomic E-state index is 14.2. The fourth-order valence-electron chi connectivity index (χ4n) is 4.46. The van der Waals surface area contributed by atoms with Crippen molar-refractivity contribution in [3.05, 3.63) is 57.9 Å². The van der Waals surface area contributed by atoms with E-state index < -0.39 is 0 Å². The summed E-state index contributed by atoms with van der Waals surface area (Å²) in [7, 11) is 0. The maximum Gasteiger partial charge on any atom is 0.206 e. The number of anilines is 1. The van der Waals surface area contributed by atoms with Gasteiger partial charge in [-0.15, -0.1) is 0 Å². The number of nitrogens with one attached hydrogen (secondary N) is 1. The first-order valence-electron chi connectivity index (χ1n) is 10.9. The van der Waals surface area contributed by atoms with E-state index >= 15 is 0 Å². The van der Waals surface area contributed by atoms with Crippen LogP contribution >= 0.6 is 0 Å². The Balaban J connectivity index is 1.90. The van der Waals surface area contributed by atoms with Crippen molar-refractivity contribution in [3.63, 3.8) is 0 Å². The Morgan fingerprint density at radius 1 is 1.10 bits per heavy atom. The molecule has 3 aromatic rings. The second kappa shape index (κ2) is 8.36. The predicted molar refractivity (Wildman–Crippen MR) is 122 cm³/mol. The van der Waals surface area contributed by atoms with Gasteiger partial charge >= 0.3 is 0 Å². The van der Waals surface area contributed by atoms with Gasteiger partial charge in [0.1, 0.15) is 5.82 Å². The Bertz CT molecular complexity index is 1040. The highest BCUT2D eigenvalue weighted by molar-refractivity contribution is 5.84. The van der Waals surface area contributed by atoms with E-state index in [-0.39, 0.29) is 11.9 Å². The molecular formula is C24H32FN5. The van der Waals surface area contributed by atoms with Gasteiger partial charge in [0.2, 0.25) is 5.95 Å². The van der Waals surface area contributed by atoms with Gasteiger partial charge in [0.05, 0.1) is 17.6 Å². The topological polar surface area (TPSA) is 59.1 Å². The van der Waals surface area contributed by atoms with Crippen LogP contribution in [0.1, 0.15) is 47.2 Å². The Labute approximate surface area is 178 Å². The van der Waals surface area contributed by atoms with E-state index in [1.165, 1.54) is 5.56 Å². The predicted octanol–water partition coefficient (Wildman–Crippen LogP) is 3.97. The summed E-state index contributed by atoms with van der Waals surface area (Å²) in [4.78, 5) is 7.46. The van der Waals surface area contributed by atoms with Crippen molar-refractivity contribution in [2.45, 2.75) is 46.7 Å². The average Bonchev–Trinajstić information content (AvgIpc) is 3.09. The minimum Gasteiger partial charge on any atom is -0.340 e. The lowest BCUT2D eigenvalue weighted by atomic mass is 10.0. The number of nitrogens with zero attached hydrogens (tertiary/aromatic N) is 3. The molecule has 0 spiro atoms. The summed E-state index contributed by atoms with van der Waals surface area (Å²) in [6.07, 6.45) is 0.866. The SMILES string of the molecule is CC[C@H](N)c1cc(C)cc2c1nc(N1CCNCC1)n2Cc1cc(C)c(F)c(C)c1. The highest BCUT2D eigenvalue weighted by Gasteiger charge is 2.22. The number of halogens is 1. The monoisotopic (exact) mass is 409 g/mol. The molecule has 4 rings (SSSR count). The number of benzene rings is 2. The number of rotatable bonds is 5. The first-order valence-corrected chi connectivity index (χ1v) is 10.9. The molecule has 30 heavy (non-hydrogen) atoms. The lowest BCUT2D eigenvalue weighted by Crippen LogP contribution is -2.44. The first kappa shape index (κ1) is 20.8. The van der Waals surface area contributed by atoms with Gasteiger partial charge in [0, 0.05) is 32.2 Å². The second-order valence-corrected chi connectivity index (χ2v) is 8.52. The number of aromatic nitrogens is 2. The molecule has 0 saturated carbocycles. The molecule has 1 aromatic heterocycles. The molecule has 2 heterocycles. The minimum atomic E-state index is -0.122. The fraction of sp³-hybridized carbons (Fsp3) is 0.458. The standard InChI is InChI=1S/C24H32FN5/c1-5-20(26)19-10-15(2)11-21-23(19)28-24(29-8-6-27-7-9-29)30(21)14-18-12-16(3)22(25)17(4)13-18/h10-13,20,27H,5-9,14,26H2,1-4H3/t20-/m0/s1. The van der Waals surface area contributed by atoms with Gasteiger partial charge < -0.3 is 20.5 Å². The summed E-state index contributed by atoms with van der Waals surface area (Å²) in [5, 5.41) is 3.42. The molecule has 1 aliphatic rings. The largest absolute Gasteiger partial charge is 0.340 e. The molecule has 5 nitrogen and oxygen atoms in total. The molecule has 1 fully saturated rings. The van der Waals surface area contributed by atoms with Crippen molar-refractivity contribution in [1.29, 1.82) is 0 Å². The van der Waals surface area contributed by atoms with E-state index in [1.54, 1.807) is 0 Å². The van der Waals surface area contributed by atoms with Gasteiger partial charge in [-0.1, -0.05) is 25.1 Å². The number of aryl methyl sites for hydroxylation is 3. The van der Waals surface area contributed by atoms with E-state index in [1.807, 2.05) is 26.0 Å². The molecule has 1 saturated heterocycles. The zero-order valence-electron chi connectivity index (χ0n) is 18.4. The van der Waals surface area contributed by atoms with E-state index in [2.05, 4.69) is 40.8 Å². The van der Waals surface area contributed by atoms with Crippen molar-refractivity contribution in [2.75, 3.05) is 31.1 Å². The molecule has 1 aliphatic heterocycles. The fourth-order valence-corrected chi connectivity index (χ4v) is 4.46. The van der Waals surface area contributed by atoms with Gasteiger partial charge in [0.15, 0.2) is 0 Å². The van der Waals surface area contributed by atoms with Gasteiger partial charge in [-0.05, 0) is 61.1 Å². The van der Waals surface area contributed by atoms with Crippen LogP contribution in [0.15, 0.2) is 24.3 Å². The number of hydrogen-bond acceptors (Lipinski definition) is 4. The summed E-state index contributed by atoms with van der Waals surface area (Å²) >= 11 is 0. The molecule has 160 valence electrons. The Hall–Kier alpha value is -2.44. The summed E-state index contributed by atoms with van der Waals surface area (Å²) in [5.41, 5.74) is 13.3. The molecule has 0 bridgehead atoms. The highest BCUT2D eigenvalue weighted by atomic mass is 19.1. The number of nitrogens with two attached hydrogens (primary N) is 1. The first-order chi connectivity index (χ1) is 14.4. The van der Waals surface area contributed by atoms with E-state index in [0.717, 1.165) is 60.7 Å². The van der Waals surface area contributed by atoms with Crippen LogP contribution in [0.3, 0.4) is 0 Å². The van der Waals surface area contributed by atoms with Gasteiger partial charge in [-0.2, -0.15) is 0 Å². The zero-order chi connectivity index (χ0) is 21.4. The van der Waals surface area contributed by atoms with E-state index in [4.69, 9.17) is 10.7 Å². The third-order valence-electron chi connectivity index (χ3n) is 6.08. The van der Waals surface area contributed by atoms with E-state index in [9.17, 15) is 4.39 Å². The Morgan fingerprint density at radius 2 is 1.77 bits per heavy atom. The van der Waals surface area contributed by atoms with Crippen molar-refractivity contribution in [2.24, 2.45) is 5.73 Å². The number of piperazine rings is 1. The number of imidazole rings is 1. The molecule has 3 N–H and O–H groups in total. The summed E-state index contributed by atoms with van der Waals surface area (Å²) in [5.74, 6) is 0.852. The molecular weight excluding hydrogens is 377 g/mol. The normalized spacial score (nSPS) is 15.7. The highest BCUT2D eigenvalue weighted by Crippen LogP contribution is 2.31. The summed E-state index contributed by atoms with van der Waals surface area (Å²) in [6.45, 7) is 12.3. The van der Waals surface area contributed by atoms with Gasteiger partial charge in [0.25, 0.3) is 0 Å². The molecule has 6 heteroatoms. The average molecular weight is 410 g/mol. The molecule has 0 amide bonds. The van der Waals surface area contributed by atoms with Crippen molar-refractivity contribution in [3.8, 4) is 0 Å². The lowest BCUT2D eigenvalue weighted by Gasteiger charge is -2.29.